The molecule has 19 heavy (non-hydrogen) atoms. The van der Waals surface area contributed by atoms with Gasteiger partial charge < -0.3 is 4.90 Å². The highest BCUT2D eigenvalue weighted by atomic mass is 79.9. The lowest BCUT2D eigenvalue weighted by atomic mass is 10.2. The van der Waals surface area contributed by atoms with Crippen molar-refractivity contribution >= 4 is 31.7 Å². The van der Waals surface area contributed by atoms with Crippen LogP contribution >= 0.6 is 15.9 Å². The van der Waals surface area contributed by atoms with Crippen LogP contribution in [0, 0.1) is 5.82 Å². The predicted molar refractivity (Wildman–Crippen MR) is 73.3 cm³/mol. The summed E-state index contributed by atoms with van der Waals surface area (Å²) in [4.78, 5) is 13.6. The first-order chi connectivity index (χ1) is 8.91. The van der Waals surface area contributed by atoms with Crippen molar-refractivity contribution in [3.8, 4) is 0 Å². The molecule has 1 aliphatic heterocycles. The zero-order chi connectivity index (χ0) is 14.0. The molecule has 1 fully saturated rings. The van der Waals surface area contributed by atoms with Crippen LogP contribution in [0.1, 0.15) is 16.8 Å². The number of carbonyl (C=O) groups is 1. The Kier molecular flexibility index (Phi) is 4.25. The van der Waals surface area contributed by atoms with Crippen molar-refractivity contribution in [2.45, 2.75) is 6.42 Å². The minimum atomic E-state index is -3.08. The van der Waals surface area contributed by atoms with E-state index >= 15 is 0 Å². The van der Waals surface area contributed by atoms with E-state index in [4.69, 9.17) is 0 Å². The first kappa shape index (κ1) is 14.5. The van der Waals surface area contributed by atoms with Gasteiger partial charge in [-0.25, -0.2) is 12.8 Å². The van der Waals surface area contributed by atoms with Gasteiger partial charge >= 0.3 is 0 Å². The van der Waals surface area contributed by atoms with Crippen LogP contribution in [0.5, 0.6) is 0 Å². The summed E-state index contributed by atoms with van der Waals surface area (Å²) in [7, 11) is -3.08. The minimum absolute atomic E-state index is 0.0336. The van der Waals surface area contributed by atoms with Crippen molar-refractivity contribution < 1.29 is 17.6 Å². The van der Waals surface area contributed by atoms with E-state index in [1.807, 2.05) is 0 Å². The molecule has 1 aliphatic rings. The van der Waals surface area contributed by atoms with Crippen LogP contribution in [0.25, 0.3) is 0 Å². The Bertz CT molecular complexity index is 603. The van der Waals surface area contributed by atoms with E-state index < -0.39 is 21.6 Å². The predicted octanol–water partition coefficient (Wildman–Crippen LogP) is 1.85. The fourth-order valence-corrected chi connectivity index (χ4v) is 3.62. The molecule has 1 amide bonds. The number of nitrogens with zero attached hydrogens (tertiary/aromatic N) is 1. The smallest absolute Gasteiger partial charge is 0.256 e. The lowest BCUT2D eigenvalue weighted by Gasteiger charge is -2.20. The third-order valence-corrected chi connectivity index (χ3v) is 5.35. The third kappa shape index (κ3) is 3.33. The van der Waals surface area contributed by atoms with Crippen LogP contribution in [0.15, 0.2) is 22.7 Å². The molecule has 104 valence electrons. The number of carbonyl (C=O) groups excluding carboxylic acids is 1. The average Bonchev–Trinajstić information content (AvgIpc) is 2.53. The Hall–Kier alpha value is -0.950. The molecule has 7 heteroatoms. The molecule has 4 nitrogen and oxygen atoms in total. The Morgan fingerprint density at radius 1 is 1.26 bits per heavy atom. The number of sulfone groups is 1. The zero-order valence-electron chi connectivity index (χ0n) is 10.1. The monoisotopic (exact) mass is 349 g/mol. The molecule has 0 saturated carbocycles. The summed E-state index contributed by atoms with van der Waals surface area (Å²) in [5.74, 6) is -1.05. The van der Waals surface area contributed by atoms with Crippen molar-refractivity contribution in [3.05, 3.63) is 34.1 Å². The molecule has 0 aliphatic carbocycles. The lowest BCUT2D eigenvalue weighted by Crippen LogP contribution is -2.34. The maximum Gasteiger partial charge on any atom is 0.256 e. The fraction of sp³-hybridized carbons (Fsp3) is 0.417. The molecule has 0 spiro atoms. The second kappa shape index (κ2) is 5.58. The number of benzene rings is 1. The van der Waals surface area contributed by atoms with E-state index in [1.165, 1.54) is 17.0 Å². The van der Waals surface area contributed by atoms with Crippen molar-refractivity contribution in [1.29, 1.82) is 0 Å². The molecule has 1 saturated heterocycles. The first-order valence-corrected chi connectivity index (χ1v) is 8.46. The Balaban J connectivity index is 2.22. The third-order valence-electron chi connectivity index (χ3n) is 3.02. The summed E-state index contributed by atoms with van der Waals surface area (Å²) in [6.07, 6.45) is 0.393. The second-order valence-electron chi connectivity index (χ2n) is 4.40. The normalized spacial score (nSPS) is 18.9. The number of halogens is 2. The molecular weight excluding hydrogens is 337 g/mol. The van der Waals surface area contributed by atoms with Gasteiger partial charge in [-0.2, -0.15) is 0 Å². The highest BCUT2D eigenvalue weighted by Crippen LogP contribution is 2.20. The molecule has 1 heterocycles. The van der Waals surface area contributed by atoms with Gasteiger partial charge in [-0.1, -0.05) is 6.07 Å². The lowest BCUT2D eigenvalue weighted by molar-refractivity contribution is 0.0763. The summed E-state index contributed by atoms with van der Waals surface area (Å²) < 4.78 is 37.0. The van der Waals surface area contributed by atoms with Gasteiger partial charge in [0.1, 0.15) is 5.82 Å². The molecule has 2 rings (SSSR count). The molecule has 1 aromatic rings. The van der Waals surface area contributed by atoms with Crippen molar-refractivity contribution in [1.82, 2.24) is 4.90 Å². The van der Waals surface area contributed by atoms with Gasteiger partial charge in [-0.05, 0) is 34.5 Å². The van der Waals surface area contributed by atoms with Gasteiger partial charge in [0.25, 0.3) is 5.91 Å². The Morgan fingerprint density at radius 2 is 2.00 bits per heavy atom. The highest BCUT2D eigenvalue weighted by Gasteiger charge is 2.25. The van der Waals surface area contributed by atoms with Gasteiger partial charge in [0.05, 0.1) is 21.5 Å². The maximum absolute atomic E-state index is 13.8. The average molecular weight is 350 g/mol. The van der Waals surface area contributed by atoms with E-state index in [0.29, 0.717) is 13.0 Å². The summed E-state index contributed by atoms with van der Waals surface area (Å²) >= 11 is 3.03. The van der Waals surface area contributed by atoms with Gasteiger partial charge in [-0.15, -0.1) is 0 Å². The quantitative estimate of drug-likeness (QED) is 0.777. The molecule has 0 atom stereocenters. The standard InChI is InChI=1S/C12H13BrFNO3S/c13-10-4-1-3-9(11(10)14)12(16)15-5-2-7-19(17,18)8-6-15/h1,3-4H,2,5-8H2. The van der Waals surface area contributed by atoms with Crippen molar-refractivity contribution in [3.63, 3.8) is 0 Å². The first-order valence-electron chi connectivity index (χ1n) is 5.84. The van der Waals surface area contributed by atoms with E-state index in [9.17, 15) is 17.6 Å². The summed E-state index contributed by atoms with van der Waals surface area (Å²) in [5.41, 5.74) is -0.0336. The summed E-state index contributed by atoms with van der Waals surface area (Å²) in [6, 6.07) is 4.50. The summed E-state index contributed by atoms with van der Waals surface area (Å²) in [5, 5.41) is 0. The van der Waals surface area contributed by atoms with Crippen LogP contribution in [0.3, 0.4) is 0 Å². The number of hydrogen-bond acceptors (Lipinski definition) is 3. The van der Waals surface area contributed by atoms with Crippen LogP contribution < -0.4 is 0 Å². The minimum Gasteiger partial charge on any atom is -0.338 e. The molecule has 0 bridgehead atoms. The van der Waals surface area contributed by atoms with E-state index in [2.05, 4.69) is 15.9 Å². The molecule has 0 N–H and O–H groups in total. The summed E-state index contributed by atoms with van der Waals surface area (Å²) in [6.45, 7) is 0.455. The molecular formula is C12H13BrFNO3S. The highest BCUT2D eigenvalue weighted by molar-refractivity contribution is 9.10. The zero-order valence-corrected chi connectivity index (χ0v) is 12.5. The SMILES string of the molecule is O=C(c1cccc(Br)c1F)N1CCCS(=O)(=O)CC1. The Morgan fingerprint density at radius 3 is 2.74 bits per heavy atom. The van der Waals surface area contributed by atoms with Gasteiger partial charge in [0.15, 0.2) is 9.84 Å². The van der Waals surface area contributed by atoms with Crippen LogP contribution in [-0.2, 0) is 9.84 Å². The molecule has 0 unspecified atom stereocenters. The van der Waals surface area contributed by atoms with Crippen LogP contribution in [0.2, 0.25) is 0 Å². The fourth-order valence-electron chi connectivity index (χ4n) is 1.98. The number of amides is 1. The van der Waals surface area contributed by atoms with Crippen molar-refractivity contribution in [2.75, 3.05) is 24.6 Å². The molecule has 0 radical (unpaired) electrons. The Labute approximate surface area is 119 Å². The molecule has 0 aromatic heterocycles. The molecule has 1 aromatic carbocycles. The topological polar surface area (TPSA) is 54.5 Å². The van der Waals surface area contributed by atoms with E-state index in [-0.39, 0.29) is 28.1 Å². The second-order valence-corrected chi connectivity index (χ2v) is 7.56. The van der Waals surface area contributed by atoms with Gasteiger partial charge in [0.2, 0.25) is 0 Å². The van der Waals surface area contributed by atoms with Crippen molar-refractivity contribution in [2.24, 2.45) is 0 Å². The largest absolute Gasteiger partial charge is 0.338 e. The van der Waals surface area contributed by atoms with Gasteiger partial charge in [-0.3, -0.25) is 4.79 Å². The van der Waals surface area contributed by atoms with Crippen LogP contribution in [0.4, 0.5) is 4.39 Å². The van der Waals surface area contributed by atoms with E-state index in [1.54, 1.807) is 6.07 Å². The van der Waals surface area contributed by atoms with E-state index in [0.717, 1.165) is 0 Å². The van der Waals surface area contributed by atoms with Crippen LogP contribution in [-0.4, -0.2) is 43.8 Å². The maximum atomic E-state index is 13.8. The van der Waals surface area contributed by atoms with Gasteiger partial charge in [0, 0.05) is 13.1 Å². The number of rotatable bonds is 1. The number of hydrogen-bond donors (Lipinski definition) is 0.